The first kappa shape index (κ1) is 18.3. The van der Waals surface area contributed by atoms with Gasteiger partial charge in [0.15, 0.2) is 0 Å². The van der Waals surface area contributed by atoms with Gasteiger partial charge in [-0.15, -0.1) is 0 Å². The van der Waals surface area contributed by atoms with E-state index in [0.717, 1.165) is 0 Å². The summed E-state index contributed by atoms with van der Waals surface area (Å²) in [6.07, 6.45) is -3.07. The average molecular weight is 294 g/mol. The normalized spacial score (nSPS) is 40.2. The largest absolute Gasteiger partial charge is 0.637 e. The Hall–Kier alpha value is 0.904. The maximum Gasteiger partial charge on any atom is 0.0874 e. The van der Waals surface area contributed by atoms with Crippen molar-refractivity contribution in [3.05, 3.63) is 12.7 Å². The molecule has 1 rings (SSSR count). The molecule has 1 heterocycles. The molecule has 89 valence electrons. The van der Waals surface area contributed by atoms with Gasteiger partial charge in [-0.1, -0.05) is 6.92 Å². The van der Waals surface area contributed by atoms with Crippen LogP contribution in [0.15, 0.2) is 0 Å². The molecular weight excluding hydrogens is 275 g/mol. The van der Waals surface area contributed by atoms with Crippen LogP contribution in [0, 0.1) is 13.3 Å². The molecule has 3 N–H and O–H groups in total. The third kappa shape index (κ3) is 4.00. The van der Waals surface area contributed by atoms with Crippen LogP contribution in [-0.2, 0) is 37.4 Å². The number of nitrogens with zero attached hydrogens (tertiary/aromatic N) is 1. The molecule has 5 nitrogen and oxygen atoms in total. The number of aliphatic hydroxyl groups is 3. The van der Waals surface area contributed by atoms with E-state index < -0.39 is 24.5 Å². The minimum Gasteiger partial charge on any atom is -0.637 e. The molecule has 1 radical (unpaired) electrons. The smallest absolute Gasteiger partial charge is 0.0874 e. The van der Waals surface area contributed by atoms with Gasteiger partial charge in [-0.25, -0.2) is 0 Å². The van der Waals surface area contributed by atoms with Crippen LogP contribution in [0.3, 0.4) is 0 Å². The van der Waals surface area contributed by atoms with Crippen LogP contribution in [0.1, 0.15) is 6.92 Å². The van der Waals surface area contributed by atoms with E-state index in [0.29, 0.717) is 0 Å². The van der Waals surface area contributed by atoms with Crippen LogP contribution in [0.2, 0.25) is 0 Å². The number of hydrogen-bond acceptors (Lipinski definition) is 4. The molecule has 1 aliphatic heterocycles. The zero-order valence-corrected chi connectivity index (χ0v) is 12.2. The van der Waals surface area contributed by atoms with Crippen molar-refractivity contribution in [2.24, 2.45) is 5.92 Å². The molecular formula is C9H19NO4Y-2. The van der Waals surface area contributed by atoms with E-state index in [1.807, 2.05) is 0 Å². The van der Waals surface area contributed by atoms with Gasteiger partial charge in [0, 0.05) is 38.6 Å². The Kier molecular flexibility index (Phi) is 9.82. The van der Waals surface area contributed by atoms with Gasteiger partial charge in [0.2, 0.25) is 0 Å². The van der Waals surface area contributed by atoms with Crippen LogP contribution in [0.25, 0.3) is 5.32 Å². The van der Waals surface area contributed by atoms with Gasteiger partial charge in [-0.05, 0) is 6.23 Å². The molecule has 1 saturated heterocycles. The van der Waals surface area contributed by atoms with Gasteiger partial charge in [0.1, 0.15) is 0 Å². The van der Waals surface area contributed by atoms with Crippen LogP contribution in [-0.4, -0.2) is 53.5 Å². The van der Waals surface area contributed by atoms with E-state index in [-0.39, 0.29) is 52.7 Å². The van der Waals surface area contributed by atoms with Crippen molar-refractivity contribution in [2.75, 3.05) is 13.7 Å². The zero-order chi connectivity index (χ0) is 10.0. The van der Waals surface area contributed by atoms with Crippen molar-refractivity contribution in [1.29, 1.82) is 0 Å². The second kappa shape index (κ2) is 8.06. The molecule has 6 heteroatoms. The predicted molar refractivity (Wildman–Crippen MR) is 52.6 cm³/mol. The van der Waals surface area contributed by atoms with Crippen molar-refractivity contribution >= 4 is 0 Å². The van der Waals surface area contributed by atoms with Gasteiger partial charge in [0.05, 0.1) is 24.9 Å². The van der Waals surface area contributed by atoms with Crippen molar-refractivity contribution in [1.82, 2.24) is 0 Å². The summed E-state index contributed by atoms with van der Waals surface area (Å²) in [4.78, 5) is 0. The Bertz CT molecular complexity index is 152. The second-order valence-corrected chi connectivity index (χ2v) is 3.35. The fourth-order valence-electron chi connectivity index (χ4n) is 1.51. The predicted octanol–water partition coefficient (Wildman–Crippen LogP) is -0.487. The van der Waals surface area contributed by atoms with Gasteiger partial charge < -0.3 is 32.8 Å². The second-order valence-electron chi connectivity index (χ2n) is 3.35. The zero-order valence-electron chi connectivity index (χ0n) is 9.37. The summed E-state index contributed by atoms with van der Waals surface area (Å²) >= 11 is 0. The Morgan fingerprint density at radius 2 is 1.80 bits per heavy atom. The summed E-state index contributed by atoms with van der Waals surface area (Å²) in [5, 5.41) is 31.7. The van der Waals surface area contributed by atoms with E-state index in [4.69, 9.17) is 9.84 Å². The number of likely N-dealkylation sites (N-methyl/N-ethyl adjacent to an activating group) is 1. The Balaban J connectivity index is 0. The first-order valence-electron chi connectivity index (χ1n) is 4.33. The average Bonchev–Trinajstić information content (AvgIpc) is 2.15. The fourth-order valence-corrected chi connectivity index (χ4v) is 1.51. The van der Waals surface area contributed by atoms with Gasteiger partial charge in [-0.2, -0.15) is 7.05 Å². The molecule has 0 saturated carbocycles. The summed E-state index contributed by atoms with van der Waals surface area (Å²) in [5.41, 5.74) is 0. The molecule has 2 unspecified atom stereocenters. The van der Waals surface area contributed by atoms with Crippen LogP contribution >= 0.6 is 0 Å². The molecule has 0 aliphatic carbocycles. The number of hydrogen-bond donors (Lipinski definition) is 3. The van der Waals surface area contributed by atoms with Gasteiger partial charge in [-0.3, -0.25) is 0 Å². The minimum absolute atomic E-state index is 0. The summed E-state index contributed by atoms with van der Waals surface area (Å²) in [5.74, 6) is -0.280. The topological polar surface area (TPSA) is 84.0 Å². The molecule has 0 amide bonds. The number of ether oxygens (including phenoxy) is 1. The van der Waals surface area contributed by atoms with Crippen molar-refractivity contribution < 1.29 is 52.8 Å². The summed E-state index contributed by atoms with van der Waals surface area (Å²) in [6.45, 7) is 1.55. The Labute approximate surface area is 116 Å². The summed E-state index contributed by atoms with van der Waals surface area (Å²) in [7, 11) is 1.50. The third-order valence-corrected chi connectivity index (χ3v) is 2.52. The standard InChI is InChI=1S/C8H16NO4.CH3.Y/c1-4-5(3-10)13-8(9-2)7(12)6(4)11;;/h4-8,10-12H,3H2,1-2H3;1H3;/q2*-1;/t4-,5?,6?,7+,8+;;/m0../s1. The Morgan fingerprint density at radius 3 is 2.20 bits per heavy atom. The molecule has 0 bridgehead atoms. The molecule has 1 aliphatic rings. The molecule has 0 aromatic heterocycles. The van der Waals surface area contributed by atoms with Crippen molar-refractivity contribution in [3.63, 3.8) is 0 Å². The molecule has 5 atom stereocenters. The van der Waals surface area contributed by atoms with Crippen LogP contribution in [0.5, 0.6) is 0 Å². The van der Waals surface area contributed by atoms with E-state index in [9.17, 15) is 10.2 Å². The van der Waals surface area contributed by atoms with E-state index >= 15 is 0 Å². The monoisotopic (exact) mass is 294 g/mol. The Morgan fingerprint density at radius 1 is 1.27 bits per heavy atom. The molecule has 0 aromatic carbocycles. The quantitative estimate of drug-likeness (QED) is 0.600. The summed E-state index contributed by atoms with van der Waals surface area (Å²) in [6, 6.07) is 0. The van der Waals surface area contributed by atoms with Gasteiger partial charge in [0.25, 0.3) is 0 Å². The van der Waals surface area contributed by atoms with E-state index in [1.54, 1.807) is 6.92 Å². The molecule has 0 spiro atoms. The van der Waals surface area contributed by atoms with E-state index in [2.05, 4.69) is 5.32 Å². The molecule has 15 heavy (non-hydrogen) atoms. The minimum atomic E-state index is -0.997. The SMILES string of the molecule is C[N-][C@@H]1OC(CO)[C@H](C)C(O)[C@H]1O.[CH3-].[Y]. The van der Waals surface area contributed by atoms with E-state index in [1.165, 1.54) is 7.05 Å². The number of aliphatic hydroxyl groups excluding tert-OH is 3. The maximum atomic E-state index is 9.55. The van der Waals surface area contributed by atoms with Crippen molar-refractivity contribution in [2.45, 2.75) is 31.5 Å². The van der Waals surface area contributed by atoms with Gasteiger partial charge >= 0.3 is 0 Å². The maximum absolute atomic E-state index is 9.55. The van der Waals surface area contributed by atoms with Crippen molar-refractivity contribution in [3.8, 4) is 0 Å². The fraction of sp³-hybridized carbons (Fsp3) is 0.889. The third-order valence-electron chi connectivity index (χ3n) is 2.52. The van der Waals surface area contributed by atoms with Crippen LogP contribution < -0.4 is 0 Å². The van der Waals surface area contributed by atoms with Crippen LogP contribution in [0.4, 0.5) is 0 Å². The molecule has 1 fully saturated rings. The first-order chi connectivity index (χ1) is 6.11. The molecule has 0 aromatic rings. The first-order valence-corrected chi connectivity index (χ1v) is 4.33. The summed E-state index contributed by atoms with van der Waals surface area (Å²) < 4.78 is 5.25. The number of rotatable bonds is 2.